The average Bonchev–Trinajstić information content (AvgIpc) is 3.10. The SMILES string of the molecule is Cc1cc(OCc2ccc(/C=C/C(=O)c3ccc(O)cc3O)o2)cc(C)c1Cl. The molecule has 0 spiro atoms. The quantitative estimate of drug-likeness (QED) is 0.427. The summed E-state index contributed by atoms with van der Waals surface area (Å²) in [6.07, 6.45) is 2.80. The van der Waals surface area contributed by atoms with Crippen LogP contribution in [0, 0.1) is 13.8 Å². The highest BCUT2D eigenvalue weighted by Gasteiger charge is 2.10. The number of furan rings is 1. The van der Waals surface area contributed by atoms with Gasteiger partial charge in [-0.2, -0.15) is 0 Å². The molecule has 0 aliphatic carbocycles. The maximum Gasteiger partial charge on any atom is 0.189 e. The number of ketones is 1. The van der Waals surface area contributed by atoms with Crippen LogP contribution in [0.1, 0.15) is 33.0 Å². The van der Waals surface area contributed by atoms with E-state index in [0.717, 1.165) is 22.2 Å². The molecular weight excluding hydrogens is 380 g/mol. The third-order valence-corrected chi connectivity index (χ3v) is 4.72. The Morgan fingerprint density at radius 2 is 1.82 bits per heavy atom. The summed E-state index contributed by atoms with van der Waals surface area (Å²) < 4.78 is 11.4. The molecule has 0 aliphatic rings. The van der Waals surface area contributed by atoms with Gasteiger partial charge in [-0.1, -0.05) is 11.6 Å². The third kappa shape index (κ3) is 4.56. The minimum Gasteiger partial charge on any atom is -0.508 e. The van der Waals surface area contributed by atoms with E-state index in [1.165, 1.54) is 24.3 Å². The van der Waals surface area contributed by atoms with Gasteiger partial charge in [0.25, 0.3) is 0 Å². The summed E-state index contributed by atoms with van der Waals surface area (Å²) >= 11 is 6.15. The molecule has 0 fully saturated rings. The van der Waals surface area contributed by atoms with Gasteiger partial charge in [0.2, 0.25) is 0 Å². The second-order valence-corrected chi connectivity index (χ2v) is 6.74. The molecule has 5 nitrogen and oxygen atoms in total. The molecule has 0 atom stereocenters. The van der Waals surface area contributed by atoms with Gasteiger partial charge in [-0.25, -0.2) is 0 Å². The number of carbonyl (C=O) groups excluding carboxylic acids is 1. The number of ether oxygens (including phenoxy) is 1. The van der Waals surface area contributed by atoms with E-state index in [1.54, 1.807) is 12.1 Å². The highest BCUT2D eigenvalue weighted by molar-refractivity contribution is 6.32. The van der Waals surface area contributed by atoms with Crippen LogP contribution in [0.4, 0.5) is 0 Å². The van der Waals surface area contributed by atoms with Gasteiger partial charge in [0.05, 0.1) is 5.56 Å². The first kappa shape index (κ1) is 19.6. The van der Waals surface area contributed by atoms with E-state index < -0.39 is 5.78 Å². The largest absolute Gasteiger partial charge is 0.508 e. The van der Waals surface area contributed by atoms with Crippen LogP contribution in [0.25, 0.3) is 6.08 Å². The van der Waals surface area contributed by atoms with E-state index >= 15 is 0 Å². The number of phenols is 2. The topological polar surface area (TPSA) is 79.9 Å². The van der Waals surface area contributed by atoms with Crippen molar-refractivity contribution in [2.75, 3.05) is 0 Å². The number of rotatable bonds is 6. The number of allylic oxidation sites excluding steroid dienone is 1. The van der Waals surface area contributed by atoms with Crippen molar-refractivity contribution in [3.8, 4) is 17.2 Å². The van der Waals surface area contributed by atoms with E-state index in [1.807, 2.05) is 26.0 Å². The molecule has 6 heteroatoms. The Morgan fingerprint density at radius 1 is 1.11 bits per heavy atom. The van der Waals surface area contributed by atoms with Crippen molar-refractivity contribution >= 4 is 23.5 Å². The number of hydrogen-bond donors (Lipinski definition) is 2. The van der Waals surface area contributed by atoms with Crippen LogP contribution in [-0.4, -0.2) is 16.0 Å². The number of halogens is 1. The number of aryl methyl sites for hydroxylation is 2. The molecule has 0 saturated heterocycles. The molecule has 28 heavy (non-hydrogen) atoms. The second kappa shape index (κ2) is 8.23. The van der Waals surface area contributed by atoms with Gasteiger partial charge in [-0.15, -0.1) is 0 Å². The van der Waals surface area contributed by atoms with Crippen LogP contribution >= 0.6 is 11.6 Å². The van der Waals surface area contributed by atoms with Crippen LogP contribution in [0.2, 0.25) is 5.02 Å². The summed E-state index contributed by atoms with van der Waals surface area (Å²) in [7, 11) is 0. The molecule has 3 aromatic rings. The van der Waals surface area contributed by atoms with Gasteiger partial charge in [-0.05, 0) is 73.5 Å². The zero-order chi connectivity index (χ0) is 20.3. The van der Waals surface area contributed by atoms with Crippen LogP contribution in [0.5, 0.6) is 17.2 Å². The Hall–Kier alpha value is -3.18. The maximum absolute atomic E-state index is 12.2. The Labute approximate surface area is 167 Å². The molecule has 0 saturated carbocycles. The van der Waals surface area contributed by atoms with Gasteiger partial charge < -0.3 is 19.4 Å². The normalized spacial score (nSPS) is 11.1. The van der Waals surface area contributed by atoms with Crippen molar-refractivity contribution < 1.29 is 24.2 Å². The average molecular weight is 399 g/mol. The van der Waals surface area contributed by atoms with E-state index in [-0.39, 0.29) is 23.7 Å². The van der Waals surface area contributed by atoms with Crippen molar-refractivity contribution in [1.29, 1.82) is 0 Å². The molecule has 2 N–H and O–H groups in total. The van der Waals surface area contributed by atoms with Crippen LogP contribution in [-0.2, 0) is 6.61 Å². The van der Waals surface area contributed by atoms with Gasteiger partial charge in [0.15, 0.2) is 5.78 Å². The van der Waals surface area contributed by atoms with E-state index in [0.29, 0.717) is 17.3 Å². The minimum atomic E-state index is -0.404. The van der Waals surface area contributed by atoms with Gasteiger partial charge >= 0.3 is 0 Å². The Kier molecular flexibility index (Phi) is 5.76. The summed E-state index contributed by atoms with van der Waals surface area (Å²) in [6, 6.07) is 11.0. The second-order valence-electron chi connectivity index (χ2n) is 6.36. The lowest BCUT2D eigenvalue weighted by atomic mass is 10.1. The number of phenolic OH excluding ortho intramolecular Hbond substituents is 2. The summed E-state index contributed by atoms with van der Waals surface area (Å²) in [6.45, 7) is 4.07. The summed E-state index contributed by atoms with van der Waals surface area (Å²) in [5.74, 6) is 0.986. The van der Waals surface area contributed by atoms with Crippen molar-refractivity contribution in [3.05, 3.63) is 81.8 Å². The Morgan fingerprint density at radius 3 is 2.50 bits per heavy atom. The molecule has 0 unspecified atom stereocenters. The van der Waals surface area contributed by atoms with E-state index in [2.05, 4.69) is 0 Å². The fourth-order valence-corrected chi connectivity index (χ4v) is 2.79. The fraction of sp³-hybridized carbons (Fsp3) is 0.136. The smallest absolute Gasteiger partial charge is 0.189 e. The minimum absolute atomic E-state index is 0.0950. The number of carbonyl (C=O) groups is 1. The Balaban J connectivity index is 1.64. The molecule has 1 aromatic heterocycles. The van der Waals surface area contributed by atoms with Crippen LogP contribution in [0.15, 0.2) is 53.0 Å². The first-order chi connectivity index (χ1) is 13.3. The molecule has 2 aromatic carbocycles. The first-order valence-corrected chi connectivity index (χ1v) is 8.94. The highest BCUT2D eigenvalue weighted by Crippen LogP contribution is 2.27. The predicted molar refractivity (Wildman–Crippen MR) is 107 cm³/mol. The van der Waals surface area contributed by atoms with E-state index in [4.69, 9.17) is 20.8 Å². The lowest BCUT2D eigenvalue weighted by Crippen LogP contribution is -1.95. The molecular formula is C22H19ClO5. The fourth-order valence-electron chi connectivity index (χ4n) is 2.68. The first-order valence-electron chi connectivity index (χ1n) is 8.56. The molecule has 3 rings (SSSR count). The monoisotopic (exact) mass is 398 g/mol. The van der Waals surface area contributed by atoms with Crippen LogP contribution in [0.3, 0.4) is 0 Å². The standard InChI is InChI=1S/C22H19ClO5/c1-13-9-18(10-14(2)22(13)23)27-12-17-5-4-16(28-17)6-8-20(25)19-7-3-15(24)11-21(19)26/h3-11,24,26H,12H2,1-2H3/b8-6+. The predicted octanol–water partition coefficient (Wildman–Crippen LogP) is 5.44. The maximum atomic E-state index is 12.2. The van der Waals surface area contributed by atoms with E-state index in [9.17, 15) is 15.0 Å². The molecule has 0 aliphatic heterocycles. The summed E-state index contributed by atoms with van der Waals surface area (Å²) in [5.41, 5.74) is 1.98. The summed E-state index contributed by atoms with van der Waals surface area (Å²) in [4.78, 5) is 12.2. The lowest BCUT2D eigenvalue weighted by molar-refractivity contribution is 0.104. The molecule has 144 valence electrons. The van der Waals surface area contributed by atoms with Gasteiger partial charge in [0, 0.05) is 11.1 Å². The number of hydrogen-bond acceptors (Lipinski definition) is 5. The zero-order valence-corrected chi connectivity index (χ0v) is 16.2. The third-order valence-electron chi connectivity index (χ3n) is 4.12. The van der Waals surface area contributed by atoms with Gasteiger partial charge in [-0.3, -0.25) is 4.79 Å². The summed E-state index contributed by atoms with van der Waals surface area (Å²) in [5, 5.41) is 19.7. The van der Waals surface area contributed by atoms with Crippen molar-refractivity contribution in [2.45, 2.75) is 20.5 Å². The molecule has 1 heterocycles. The number of aromatic hydroxyl groups is 2. The van der Waals surface area contributed by atoms with Crippen molar-refractivity contribution in [2.24, 2.45) is 0 Å². The van der Waals surface area contributed by atoms with Crippen molar-refractivity contribution in [1.82, 2.24) is 0 Å². The molecule has 0 bridgehead atoms. The zero-order valence-electron chi connectivity index (χ0n) is 15.4. The highest BCUT2D eigenvalue weighted by atomic mass is 35.5. The van der Waals surface area contributed by atoms with Crippen molar-refractivity contribution in [3.63, 3.8) is 0 Å². The van der Waals surface area contributed by atoms with Crippen LogP contribution < -0.4 is 4.74 Å². The lowest BCUT2D eigenvalue weighted by Gasteiger charge is -2.08. The van der Waals surface area contributed by atoms with Gasteiger partial charge in [0.1, 0.15) is 35.4 Å². The molecule has 0 radical (unpaired) electrons. The molecule has 0 amide bonds. The Bertz CT molecular complexity index is 1030. The number of benzene rings is 2.